The van der Waals surface area contributed by atoms with Gasteiger partial charge in [0.1, 0.15) is 0 Å². The van der Waals surface area contributed by atoms with Crippen molar-refractivity contribution in [2.45, 2.75) is 14.9 Å². The molecule has 0 amide bonds. The molecule has 18 aromatic carbocycles. The molecule has 9 heteroatoms. The number of hydrogen-bond donors (Lipinski definition) is 3. The molecule has 115 heavy (non-hydrogen) atoms. The number of fused-ring (bicyclic) bond motifs is 2. The first kappa shape index (κ1) is 60.8. The summed E-state index contributed by atoms with van der Waals surface area (Å²) in [6.07, 6.45) is 0. The van der Waals surface area contributed by atoms with Gasteiger partial charge in [-0.15, -0.1) is 0 Å². The topological polar surface area (TPSA) is 55.7 Å². The second-order valence-corrected chi connectivity index (χ2v) is 28.6. The lowest BCUT2D eigenvalue weighted by Gasteiger charge is -2.27. The highest BCUT2D eigenvalue weighted by molar-refractivity contribution is 14.1. The summed E-state index contributed by atoms with van der Waals surface area (Å²) in [6.45, 7) is 0. The highest BCUT2D eigenvalue weighted by Crippen LogP contribution is 2.43. The van der Waals surface area contributed by atoms with E-state index in [1.165, 1.54) is 4.90 Å². The predicted molar refractivity (Wildman–Crippen MR) is 514 cm³/mol. The largest absolute Gasteiger partial charge is 0.488 e. The molecule has 0 aliphatic carbocycles. The Morgan fingerprint density at radius 2 is 0.652 bits per heavy atom. The van der Waals surface area contributed by atoms with E-state index < -0.39 is 7.12 Å². The number of anilines is 5. The van der Waals surface area contributed by atoms with E-state index in [0.717, 1.165) is 71.9 Å². The Kier molecular flexibility index (Phi) is 21.8. The van der Waals surface area contributed by atoms with Crippen molar-refractivity contribution in [1.82, 2.24) is 0 Å². The zero-order valence-electron chi connectivity index (χ0n) is 79.2. The molecule has 0 unspecified atom stereocenters. The molecular formula is C106H85BBr3IN2O2. The van der Waals surface area contributed by atoms with Gasteiger partial charge in [0.25, 0.3) is 0 Å². The van der Waals surface area contributed by atoms with Crippen molar-refractivity contribution >= 4 is 133 Å². The fourth-order valence-electron chi connectivity index (χ4n) is 12.4. The summed E-state index contributed by atoms with van der Waals surface area (Å²) in [5.74, 6) is 0. The summed E-state index contributed by atoms with van der Waals surface area (Å²) < 4.78 is 164. The van der Waals surface area contributed by atoms with Gasteiger partial charge in [-0.2, -0.15) is 0 Å². The molecule has 0 radical (unpaired) electrons. The summed E-state index contributed by atoms with van der Waals surface area (Å²) >= 11 is 11.5. The Morgan fingerprint density at radius 1 is 0.296 bits per heavy atom. The molecular weight excluding hydrogens is 1710 g/mol. The van der Waals surface area contributed by atoms with E-state index in [9.17, 15) is 8.22 Å². The number of hydrogen-bond acceptors (Lipinski definition) is 4. The maximum absolute atomic E-state index is 9.53. The van der Waals surface area contributed by atoms with Crippen LogP contribution in [0.25, 0.3) is 111 Å². The lowest BCUT2D eigenvalue weighted by molar-refractivity contribution is 0.426. The Balaban J connectivity index is 0.000000175. The standard InChI is InChI=1S/C46H33N.C34H24BrN.C12H9Br.C6H7BO2.C6H4BrI.2CH4/c1-4-13-34(14-5-1)35-23-28-41(29-24-35)47(46-22-12-20-38-19-10-11-21-44(38)46)42-30-25-36(26-31-42)40-27-32-43(37-15-6-2-7-16-37)45(33-40)39-17-8-3-9-18-39;35-33-23-28(36-34-17-9-15-25-14-7-8-16-31(25)34)19-21-30(33)27-18-20-29(24-10-3-1-4-11-24)32(22-27)26-12-5-2-6-13-26;13-12-8-6-11(7-9-12)10-4-2-1-3-5-10;8-7(9)6-4-2-1-3-5-6;7-5-1-3-6(8)4-2-5;;/h1-33H;1-23,36H;1-9H;1-5,8-9H;1-4H;2*1H4/i23D,24D,25D,26D,28D,29D,30D,31D;19D,21D,23D;6D,7D,8D,9D;;1D,2D,3D,4D;;. The van der Waals surface area contributed by atoms with Crippen LogP contribution in [0.2, 0.25) is 0 Å². The third-order valence-corrected chi connectivity index (χ3v) is 19.8. The monoisotopic (exact) mass is 1810 g/mol. The van der Waals surface area contributed by atoms with E-state index in [0.29, 0.717) is 58.1 Å². The van der Waals surface area contributed by atoms with Crippen LogP contribution in [-0.2, 0) is 0 Å². The van der Waals surface area contributed by atoms with Crippen LogP contribution < -0.4 is 15.7 Å². The quantitative estimate of drug-likeness (QED) is 0.0750. The van der Waals surface area contributed by atoms with E-state index in [1.807, 2.05) is 224 Å². The van der Waals surface area contributed by atoms with Crippen molar-refractivity contribution in [3.05, 3.63) is 465 Å². The Morgan fingerprint density at radius 3 is 1.11 bits per heavy atom. The van der Waals surface area contributed by atoms with Crippen molar-refractivity contribution in [3.8, 4) is 89.0 Å². The maximum atomic E-state index is 9.53. The third-order valence-electron chi connectivity index (χ3n) is 17.8. The maximum Gasteiger partial charge on any atom is 0.488 e. The van der Waals surface area contributed by atoms with Crippen LogP contribution in [0, 0.1) is 3.57 Å². The Hall–Kier alpha value is -11.8. The minimum absolute atomic E-state index is 0. The van der Waals surface area contributed by atoms with Gasteiger partial charge >= 0.3 is 7.12 Å². The van der Waals surface area contributed by atoms with Crippen LogP contribution in [0.4, 0.5) is 28.4 Å². The molecule has 0 fully saturated rings. The van der Waals surface area contributed by atoms with Crippen molar-refractivity contribution in [2.75, 3.05) is 10.2 Å². The molecule has 4 nitrogen and oxygen atoms in total. The third kappa shape index (κ3) is 21.8. The molecule has 0 spiro atoms. The Bertz CT molecular complexity index is 7090. The normalized spacial score (nSPS) is 12.7. The predicted octanol–water partition coefficient (Wildman–Crippen LogP) is 31.1. The molecule has 0 aliphatic rings. The minimum atomic E-state index is -1.34. The summed E-state index contributed by atoms with van der Waals surface area (Å²) in [5.41, 5.74) is 13.2. The van der Waals surface area contributed by atoms with Crippen LogP contribution in [0.15, 0.2) is 462 Å². The highest BCUT2D eigenvalue weighted by Gasteiger charge is 2.19. The van der Waals surface area contributed by atoms with E-state index >= 15 is 0 Å². The fourth-order valence-corrected chi connectivity index (χ4v) is 13.6. The van der Waals surface area contributed by atoms with Gasteiger partial charge in [-0.05, 0) is 225 Å². The molecule has 18 rings (SSSR count). The number of nitrogens with zero attached hydrogens (tertiary/aromatic N) is 1. The fraction of sp³-hybridized carbons (Fsp3) is 0.0189. The molecule has 0 heterocycles. The van der Waals surface area contributed by atoms with Crippen LogP contribution in [0.1, 0.15) is 40.9 Å². The van der Waals surface area contributed by atoms with E-state index in [4.69, 9.17) is 27.9 Å². The lowest BCUT2D eigenvalue weighted by atomic mass is 9.81. The average molecular weight is 1820 g/mol. The molecule has 0 saturated heterocycles. The molecule has 562 valence electrons. The zero-order valence-corrected chi connectivity index (χ0v) is 67.1. The first-order valence-corrected chi connectivity index (χ1v) is 39.2. The first-order valence-electron chi connectivity index (χ1n) is 45.2. The van der Waals surface area contributed by atoms with Crippen LogP contribution in [-0.4, -0.2) is 17.2 Å². The van der Waals surface area contributed by atoms with Gasteiger partial charge in [-0.3, -0.25) is 0 Å². The van der Waals surface area contributed by atoms with Gasteiger partial charge in [0, 0.05) is 50.5 Å². The van der Waals surface area contributed by atoms with Gasteiger partial charge in [0.2, 0.25) is 0 Å². The van der Waals surface area contributed by atoms with Crippen LogP contribution in [0.3, 0.4) is 0 Å². The summed E-state index contributed by atoms with van der Waals surface area (Å²) in [4.78, 5) is 1.37. The smallest absolute Gasteiger partial charge is 0.423 e. The lowest BCUT2D eigenvalue weighted by Crippen LogP contribution is -2.29. The summed E-state index contributed by atoms with van der Waals surface area (Å²) in [6, 6.07) is 102. The van der Waals surface area contributed by atoms with E-state index in [1.54, 1.807) is 95.4 Å². The Labute approximate surface area is 743 Å². The second kappa shape index (κ2) is 41.3. The van der Waals surface area contributed by atoms with Gasteiger partial charge in [-0.25, -0.2) is 0 Å². The van der Waals surface area contributed by atoms with Gasteiger partial charge in [0.05, 0.1) is 31.7 Å². The molecule has 0 saturated carbocycles. The molecule has 18 aromatic rings. The minimum Gasteiger partial charge on any atom is -0.423 e. The summed E-state index contributed by atoms with van der Waals surface area (Å²) in [5, 5.41) is 24.0. The molecule has 0 bridgehead atoms. The molecule has 0 aromatic heterocycles. The van der Waals surface area contributed by atoms with Crippen LogP contribution in [0.5, 0.6) is 0 Å². The summed E-state index contributed by atoms with van der Waals surface area (Å²) in [7, 11) is -1.34. The number of rotatable bonds is 14. The van der Waals surface area contributed by atoms with Gasteiger partial charge < -0.3 is 20.3 Å². The van der Waals surface area contributed by atoms with Crippen molar-refractivity contribution < 1.29 is 36.1 Å². The van der Waals surface area contributed by atoms with Crippen molar-refractivity contribution in [3.63, 3.8) is 0 Å². The zero-order chi connectivity index (χ0) is 94.0. The molecule has 0 aliphatic heterocycles. The SMILES string of the molecule is C.C.OB(O)c1ccccc1.[2H]c1c([2H])c(-c2ccc(-c3ccccc3)c(-c3ccccc3)c2)c(Br)c([2H])c1Nc1cccc2ccccc12.[2H]c1c([2H])c(-c2ccccc2)c([2H])c([2H])c1Br.[2H]c1c([2H])c(I)c([2H])c([2H])c1Br.[2H]c1c([2H])c(N(c2c([2H])c([2H])c(-c3ccc(-c4ccccc4)c(-c4ccccc4)c3)c([2H])c2[2H])c2cccc3ccccc23)c([2H])c([2H])c1-c1ccccc1. The first-order chi connectivity index (χ1) is 63.5. The molecule has 0 atom stereocenters. The van der Waals surface area contributed by atoms with E-state index in [2.05, 4.69) is 89.5 Å². The number of halogens is 4. The average Bonchev–Trinajstić information content (AvgIpc) is 0.725. The van der Waals surface area contributed by atoms with E-state index in [-0.39, 0.29) is 161 Å². The van der Waals surface area contributed by atoms with Crippen LogP contribution >= 0.6 is 70.4 Å². The number of benzene rings is 18. The second-order valence-electron chi connectivity index (χ2n) is 25.2. The van der Waals surface area contributed by atoms with Gasteiger partial charge in [0.15, 0.2) is 0 Å². The molecule has 3 N–H and O–H groups in total. The number of nitrogens with one attached hydrogen (secondary N) is 1. The van der Waals surface area contributed by atoms with Gasteiger partial charge in [-0.1, -0.05) is 414 Å². The van der Waals surface area contributed by atoms with Crippen molar-refractivity contribution in [2.24, 2.45) is 0 Å². The van der Waals surface area contributed by atoms with Crippen molar-refractivity contribution in [1.29, 1.82) is 0 Å². The highest BCUT2D eigenvalue weighted by atomic mass is 127.